The average molecular weight is 638 g/mol. The summed E-state index contributed by atoms with van der Waals surface area (Å²) in [7, 11) is 0. The molecule has 0 aromatic carbocycles. The largest absolute Gasteiger partial charge is 0.394 e. The number of aliphatic hydroxyl groups is 4. The number of aliphatic hydroxyl groups excluding tert-OH is 4. The first-order valence-corrected chi connectivity index (χ1v) is 18.5. The normalized spacial score (nSPS) is 44.2. The number of allylic oxidation sites excluding steroid dienone is 1. The van der Waals surface area contributed by atoms with Gasteiger partial charge in [0.1, 0.15) is 29.9 Å². The van der Waals surface area contributed by atoms with Gasteiger partial charge in [0, 0.05) is 19.6 Å². The van der Waals surface area contributed by atoms with Crippen LogP contribution in [0.3, 0.4) is 0 Å². The average Bonchev–Trinajstić information content (AvgIpc) is 3.35. The van der Waals surface area contributed by atoms with Crippen molar-refractivity contribution in [2.24, 2.45) is 34.5 Å². The number of rotatable bonds is 12. The molecule has 44 heavy (non-hydrogen) atoms. The van der Waals surface area contributed by atoms with Crippen LogP contribution < -0.4 is 5.32 Å². The second-order valence-corrected chi connectivity index (χ2v) is 16.4. The molecule has 1 heterocycles. The fourth-order valence-corrected chi connectivity index (χ4v) is 11.4. The highest BCUT2D eigenvalue weighted by Gasteiger charge is 2.59. The molecule has 0 aromatic heterocycles. The third kappa shape index (κ3) is 6.95. The summed E-state index contributed by atoms with van der Waals surface area (Å²) in [6.07, 6.45) is 12.3. The van der Waals surface area contributed by atoms with Crippen molar-refractivity contribution in [3.63, 3.8) is 0 Å². The van der Waals surface area contributed by atoms with Crippen LogP contribution in [0.15, 0.2) is 11.6 Å². The maximum atomic E-state index is 11.8. The molecular weight excluding hydrogens is 578 g/mol. The molecule has 4 fully saturated rings. The summed E-state index contributed by atoms with van der Waals surface area (Å²) in [5, 5.41) is 42.7. The van der Waals surface area contributed by atoms with E-state index in [0.717, 1.165) is 68.6 Å². The van der Waals surface area contributed by atoms with Gasteiger partial charge in [-0.25, -0.2) is 0 Å². The Balaban J connectivity index is 1.02. The van der Waals surface area contributed by atoms with E-state index in [1.165, 1.54) is 50.3 Å². The first kappa shape index (κ1) is 34.6. The lowest BCUT2D eigenvalue weighted by Crippen LogP contribution is -2.57. The van der Waals surface area contributed by atoms with Gasteiger partial charge >= 0.3 is 0 Å². The second kappa shape index (κ2) is 14.6. The van der Waals surface area contributed by atoms with E-state index in [0.29, 0.717) is 22.9 Å². The predicted octanol–water partition coefficient (Wildman–Crippen LogP) is 4.57. The summed E-state index contributed by atoms with van der Waals surface area (Å²) in [4.78, 5) is 11.8. The monoisotopic (exact) mass is 637 g/mol. The molecule has 2 unspecified atom stereocenters. The van der Waals surface area contributed by atoms with Crippen molar-refractivity contribution in [2.45, 2.75) is 147 Å². The van der Waals surface area contributed by atoms with Gasteiger partial charge in [0.25, 0.3) is 0 Å². The first-order valence-electron chi connectivity index (χ1n) is 17.5. The summed E-state index contributed by atoms with van der Waals surface area (Å²) in [5.74, 6) is 3.78. The molecule has 1 aliphatic heterocycles. The Kier molecular flexibility index (Phi) is 11.5. The number of carbonyl (C=O) groups excluding carboxylic acids is 1. The Hall–Kier alpha value is -0.680. The van der Waals surface area contributed by atoms with Crippen LogP contribution >= 0.6 is 11.8 Å². The molecular formula is C35H59NO7S. The minimum atomic E-state index is -1.30. The summed E-state index contributed by atoms with van der Waals surface area (Å²) < 4.78 is 12.0. The summed E-state index contributed by atoms with van der Waals surface area (Å²) >= 11 is 1.44. The van der Waals surface area contributed by atoms with E-state index >= 15 is 0 Å². The quantitative estimate of drug-likeness (QED) is 0.156. The number of amides is 1. The van der Waals surface area contributed by atoms with Gasteiger partial charge in [-0.3, -0.25) is 4.79 Å². The van der Waals surface area contributed by atoms with Crippen molar-refractivity contribution >= 4 is 17.7 Å². The van der Waals surface area contributed by atoms with Crippen LogP contribution in [0.5, 0.6) is 0 Å². The van der Waals surface area contributed by atoms with Gasteiger partial charge in [-0.2, -0.15) is 0 Å². The number of nitrogens with one attached hydrogen (secondary N) is 1. The molecule has 0 spiro atoms. The number of hydrogen-bond acceptors (Lipinski definition) is 8. The lowest BCUT2D eigenvalue weighted by Gasteiger charge is -2.58. The van der Waals surface area contributed by atoms with Crippen LogP contribution in [0.4, 0.5) is 0 Å². The molecule has 3 saturated carbocycles. The zero-order valence-corrected chi connectivity index (χ0v) is 28.3. The van der Waals surface area contributed by atoms with E-state index in [9.17, 15) is 25.2 Å². The van der Waals surface area contributed by atoms with Crippen LogP contribution in [0.1, 0.15) is 105 Å². The van der Waals surface area contributed by atoms with Gasteiger partial charge in [-0.1, -0.05) is 38.3 Å². The molecule has 5 N–H and O–H groups in total. The molecule has 4 aliphatic carbocycles. The Bertz CT molecular complexity index is 1010. The molecule has 0 aromatic rings. The SMILES string of the molecule is CC(=O)NC(C)[C@H]1CC[C@H]2[C@@H]3CC=C4CC(OCCCCCCS[C@@H]5O[C@H](CO)[C@@H](O)[C@H](O)[C@@H]5O)CC[C@]4(C)[C@H]3CC[C@]12C. The van der Waals surface area contributed by atoms with Gasteiger partial charge in [-0.15, -0.1) is 11.8 Å². The molecule has 8 nitrogen and oxygen atoms in total. The molecule has 5 rings (SSSR count). The molecule has 13 atom stereocenters. The number of hydrogen-bond donors (Lipinski definition) is 5. The molecule has 1 amide bonds. The van der Waals surface area contributed by atoms with E-state index < -0.39 is 29.9 Å². The standard InChI is InChI=1S/C35H59NO7S/c1-21(36-22(2)38)26-11-12-27-25-10-9-23-19-24(13-15-34(23,3)28(25)14-16-35(26,27)4)42-17-7-5-6-8-18-44-33-32(41)31(40)30(39)29(20-37)43-33/h9,21,24-33,37,39-41H,5-8,10-20H2,1-4H3,(H,36,38)/t21?,24?,25-,26+,27-,28-,29+,30+,31-,32-,33-,34-,35+/m0/s1. The van der Waals surface area contributed by atoms with E-state index in [-0.39, 0.29) is 18.6 Å². The van der Waals surface area contributed by atoms with E-state index in [2.05, 4.69) is 32.2 Å². The maximum Gasteiger partial charge on any atom is 0.217 e. The minimum Gasteiger partial charge on any atom is -0.394 e. The van der Waals surface area contributed by atoms with Crippen LogP contribution in [0.2, 0.25) is 0 Å². The van der Waals surface area contributed by atoms with Crippen LogP contribution in [0.25, 0.3) is 0 Å². The first-order chi connectivity index (χ1) is 21.0. The molecule has 1 saturated heterocycles. The third-order valence-electron chi connectivity index (χ3n) is 12.7. The number of fused-ring (bicyclic) bond motifs is 5. The van der Waals surface area contributed by atoms with Crippen molar-refractivity contribution in [3.8, 4) is 0 Å². The topological polar surface area (TPSA) is 128 Å². The Labute approximate surface area is 269 Å². The summed E-state index contributed by atoms with van der Waals surface area (Å²) in [6.45, 7) is 9.38. The van der Waals surface area contributed by atoms with E-state index in [1.807, 2.05) is 0 Å². The number of carbonyl (C=O) groups is 1. The summed E-state index contributed by atoms with van der Waals surface area (Å²) in [5.41, 5.74) is 1.67. The highest BCUT2D eigenvalue weighted by atomic mass is 32.2. The highest BCUT2D eigenvalue weighted by molar-refractivity contribution is 7.99. The zero-order chi connectivity index (χ0) is 31.6. The number of unbranched alkanes of at least 4 members (excludes halogenated alkanes) is 3. The zero-order valence-electron chi connectivity index (χ0n) is 27.5. The fraction of sp³-hybridized carbons (Fsp3) is 0.914. The Morgan fingerprint density at radius 1 is 1.05 bits per heavy atom. The molecule has 5 aliphatic rings. The van der Waals surface area contributed by atoms with Gasteiger partial charge in [0.2, 0.25) is 5.91 Å². The van der Waals surface area contributed by atoms with Crippen LogP contribution in [0, 0.1) is 34.5 Å². The van der Waals surface area contributed by atoms with Crippen LogP contribution in [-0.4, -0.2) is 87.3 Å². The highest BCUT2D eigenvalue weighted by Crippen LogP contribution is 2.66. The van der Waals surface area contributed by atoms with Gasteiger partial charge < -0.3 is 35.2 Å². The number of thioether (sulfide) groups is 1. The predicted molar refractivity (Wildman–Crippen MR) is 173 cm³/mol. The summed E-state index contributed by atoms with van der Waals surface area (Å²) in [6, 6.07) is 0.257. The Morgan fingerprint density at radius 3 is 2.57 bits per heavy atom. The van der Waals surface area contributed by atoms with Crippen molar-refractivity contribution < 1.29 is 34.7 Å². The Morgan fingerprint density at radius 2 is 1.82 bits per heavy atom. The van der Waals surface area contributed by atoms with E-state index in [1.54, 1.807) is 12.5 Å². The van der Waals surface area contributed by atoms with Crippen molar-refractivity contribution in [1.29, 1.82) is 0 Å². The smallest absolute Gasteiger partial charge is 0.217 e. The van der Waals surface area contributed by atoms with Gasteiger partial charge in [-0.05, 0) is 111 Å². The molecule has 9 heteroatoms. The third-order valence-corrected chi connectivity index (χ3v) is 13.9. The van der Waals surface area contributed by atoms with Crippen LogP contribution in [-0.2, 0) is 14.3 Å². The van der Waals surface area contributed by atoms with Crippen molar-refractivity contribution in [2.75, 3.05) is 19.0 Å². The number of ether oxygens (including phenoxy) is 2. The minimum absolute atomic E-state index is 0.0965. The lowest BCUT2D eigenvalue weighted by atomic mass is 9.47. The fourth-order valence-electron chi connectivity index (χ4n) is 10.3. The molecule has 252 valence electrons. The van der Waals surface area contributed by atoms with Crippen molar-refractivity contribution in [3.05, 3.63) is 11.6 Å². The lowest BCUT2D eigenvalue weighted by molar-refractivity contribution is -0.205. The molecule has 0 radical (unpaired) electrons. The second-order valence-electron chi connectivity index (χ2n) is 15.2. The van der Waals surface area contributed by atoms with Gasteiger partial charge in [0.15, 0.2) is 0 Å². The van der Waals surface area contributed by atoms with E-state index in [4.69, 9.17) is 9.47 Å². The molecule has 0 bridgehead atoms. The van der Waals surface area contributed by atoms with Gasteiger partial charge in [0.05, 0.1) is 12.7 Å². The maximum absolute atomic E-state index is 11.8. The van der Waals surface area contributed by atoms with Crippen molar-refractivity contribution in [1.82, 2.24) is 5.32 Å².